The van der Waals surface area contributed by atoms with Gasteiger partial charge in [0.2, 0.25) is 0 Å². The fourth-order valence-electron chi connectivity index (χ4n) is 2.54. The zero-order valence-electron chi connectivity index (χ0n) is 11.8. The van der Waals surface area contributed by atoms with Gasteiger partial charge in [0, 0.05) is 0 Å². The smallest absolute Gasteiger partial charge is 0.147 e. The van der Waals surface area contributed by atoms with Gasteiger partial charge in [0.25, 0.3) is 0 Å². The molecule has 0 nitrogen and oxygen atoms in total. The number of halogens is 2. The van der Waals surface area contributed by atoms with Crippen LogP contribution in [0.1, 0.15) is 41.0 Å². The zero-order valence-corrected chi connectivity index (χ0v) is 15.8. The summed E-state index contributed by atoms with van der Waals surface area (Å²) in [6.45, 7) is 11.7. The average molecular weight is 364 g/mol. The van der Waals surface area contributed by atoms with Gasteiger partial charge < -0.3 is 0 Å². The Labute approximate surface area is 135 Å². The van der Waals surface area contributed by atoms with Crippen LogP contribution in [-0.4, -0.2) is 0 Å². The summed E-state index contributed by atoms with van der Waals surface area (Å²) in [4.78, 5) is 0. The van der Waals surface area contributed by atoms with Gasteiger partial charge >= 0.3 is 111 Å². The molecule has 0 heterocycles. The van der Waals surface area contributed by atoms with E-state index in [1.54, 1.807) is 23.3 Å². The second-order valence-electron chi connectivity index (χ2n) is 5.32. The van der Waals surface area contributed by atoms with Gasteiger partial charge in [-0.25, -0.2) is 0 Å². The molecule has 0 spiro atoms. The Morgan fingerprint density at radius 3 is 2.06 bits per heavy atom. The molecule has 2 rings (SSSR count). The molecule has 0 aromatic heterocycles. The Balaban J connectivity index is 0.00000144. The first-order valence-corrected chi connectivity index (χ1v) is 8.43. The van der Waals surface area contributed by atoms with Gasteiger partial charge in [0.1, 0.15) is 0 Å². The molecule has 0 fully saturated rings. The molecular weight excluding hydrogens is 342 g/mol. The van der Waals surface area contributed by atoms with Crippen LogP contribution in [-0.2, 0) is 23.2 Å². The normalized spacial score (nSPS) is 20.6. The van der Waals surface area contributed by atoms with Crippen molar-refractivity contribution >= 4 is 24.8 Å². The van der Waals surface area contributed by atoms with Crippen LogP contribution in [0.4, 0.5) is 0 Å². The molecule has 0 saturated heterocycles. The van der Waals surface area contributed by atoms with Crippen molar-refractivity contribution in [2.24, 2.45) is 5.41 Å². The Kier molecular flexibility index (Phi) is 6.89. The summed E-state index contributed by atoms with van der Waals surface area (Å²) in [7, 11) is 0. The summed E-state index contributed by atoms with van der Waals surface area (Å²) in [6, 6.07) is 0. The Hall–Kier alpha value is 0.423. The number of hydrogen-bond donors (Lipinski definition) is 0. The van der Waals surface area contributed by atoms with Crippen LogP contribution in [0.5, 0.6) is 0 Å². The van der Waals surface area contributed by atoms with Crippen molar-refractivity contribution < 1.29 is 23.2 Å². The van der Waals surface area contributed by atoms with Gasteiger partial charge in [-0.2, -0.15) is 0 Å². The maximum Gasteiger partial charge on any atom is -0.147 e. The molecule has 3 heteroatoms. The van der Waals surface area contributed by atoms with Crippen molar-refractivity contribution in [3.63, 3.8) is 0 Å². The van der Waals surface area contributed by atoms with E-state index in [2.05, 4.69) is 52.8 Å². The number of allylic oxidation sites excluding steroid dienone is 8. The third kappa shape index (κ3) is 3.11. The fraction of sp³-hybridized carbons (Fsp3) is 0.467. The largest absolute Gasteiger partial charge is 0.147 e. The predicted molar refractivity (Wildman–Crippen MR) is 81.2 cm³/mol. The molecule has 18 heavy (non-hydrogen) atoms. The quantitative estimate of drug-likeness (QED) is 0.615. The van der Waals surface area contributed by atoms with Gasteiger partial charge in [-0.05, 0) is 0 Å². The molecule has 0 aromatic rings. The second kappa shape index (κ2) is 6.73. The van der Waals surface area contributed by atoms with Crippen LogP contribution in [0.3, 0.4) is 0 Å². The third-order valence-electron chi connectivity index (χ3n) is 4.12. The minimum absolute atomic E-state index is 0. The van der Waals surface area contributed by atoms with Crippen molar-refractivity contribution in [2.45, 2.75) is 41.0 Å². The maximum absolute atomic E-state index is 2.40. The van der Waals surface area contributed by atoms with Crippen molar-refractivity contribution in [3.05, 3.63) is 41.5 Å². The first kappa shape index (κ1) is 18.4. The molecule has 0 amide bonds. The molecule has 0 N–H and O–H groups in total. The predicted octanol–water partition coefficient (Wildman–Crippen LogP) is 5.41. The van der Waals surface area contributed by atoms with Crippen LogP contribution in [0.15, 0.2) is 41.5 Å². The summed E-state index contributed by atoms with van der Waals surface area (Å²) in [6.07, 6.45) is 8.09. The summed E-state index contributed by atoms with van der Waals surface area (Å²) in [5.41, 5.74) is 5.07. The molecule has 0 radical (unpaired) electrons. The van der Waals surface area contributed by atoms with Crippen LogP contribution >= 0.6 is 24.8 Å². The van der Waals surface area contributed by atoms with E-state index in [0.717, 1.165) is 0 Å². The van der Waals surface area contributed by atoms with E-state index in [9.17, 15) is 0 Å². The topological polar surface area (TPSA) is 0 Å². The van der Waals surface area contributed by atoms with Crippen LogP contribution in [0, 0.1) is 5.41 Å². The number of rotatable bonds is 2. The van der Waals surface area contributed by atoms with Crippen molar-refractivity contribution in [2.75, 3.05) is 0 Å². The maximum atomic E-state index is 2.40. The molecule has 0 saturated carbocycles. The SMILES string of the molecule is CC1=C(C)C(C)(C)[C]([Zr][C]2=CC=CC2)=C1C.Cl.Cl. The van der Waals surface area contributed by atoms with E-state index in [-0.39, 0.29) is 24.8 Å². The Morgan fingerprint density at radius 1 is 1.06 bits per heavy atom. The van der Waals surface area contributed by atoms with Crippen molar-refractivity contribution in [1.29, 1.82) is 0 Å². The minimum Gasteiger partial charge on any atom is -0.147 e. The molecule has 2 aliphatic carbocycles. The molecule has 0 aromatic carbocycles. The fourth-order valence-corrected chi connectivity index (χ4v) is 6.47. The van der Waals surface area contributed by atoms with E-state index < -0.39 is 23.2 Å². The van der Waals surface area contributed by atoms with Gasteiger partial charge in [-0.1, -0.05) is 0 Å². The molecule has 100 valence electrons. The molecule has 0 unspecified atom stereocenters. The monoisotopic (exact) mass is 362 g/mol. The molecule has 0 bridgehead atoms. The zero-order chi connectivity index (χ0) is 11.9. The average Bonchev–Trinajstić information content (AvgIpc) is 2.78. The summed E-state index contributed by atoms with van der Waals surface area (Å²) < 4.78 is 3.52. The molecule has 0 atom stereocenters. The molecular formula is C15H22Cl2Zr. The van der Waals surface area contributed by atoms with E-state index in [4.69, 9.17) is 0 Å². The summed E-state index contributed by atoms with van der Waals surface area (Å²) in [5.74, 6) is 0. The summed E-state index contributed by atoms with van der Waals surface area (Å²) in [5, 5.41) is 0. The second-order valence-corrected chi connectivity index (χ2v) is 8.75. The van der Waals surface area contributed by atoms with Crippen molar-refractivity contribution in [1.82, 2.24) is 0 Å². The standard InChI is InChI=1S/C10H15.C5H5.2ClH.Zr/c1-7-6-10(4,5)9(3)8(7)2;1-2-4-5-3-1;;;/h1-5H3;1-3H,4H2;2*1H;. The van der Waals surface area contributed by atoms with Gasteiger partial charge in [0.05, 0.1) is 0 Å². The summed E-state index contributed by atoms with van der Waals surface area (Å²) >= 11 is -0.521. The Bertz CT molecular complexity index is 451. The van der Waals surface area contributed by atoms with E-state index >= 15 is 0 Å². The van der Waals surface area contributed by atoms with Gasteiger partial charge in [-0.15, -0.1) is 24.8 Å². The molecule has 0 aliphatic heterocycles. The van der Waals surface area contributed by atoms with E-state index in [1.165, 1.54) is 6.42 Å². The Morgan fingerprint density at radius 2 is 1.67 bits per heavy atom. The first-order valence-electron chi connectivity index (χ1n) is 5.97. The minimum atomic E-state index is -0.521. The van der Waals surface area contributed by atoms with Gasteiger partial charge in [0.15, 0.2) is 0 Å². The number of hydrogen-bond acceptors (Lipinski definition) is 0. The van der Waals surface area contributed by atoms with Crippen LogP contribution in [0.2, 0.25) is 0 Å². The van der Waals surface area contributed by atoms with Crippen LogP contribution < -0.4 is 0 Å². The van der Waals surface area contributed by atoms with Gasteiger partial charge in [-0.3, -0.25) is 0 Å². The van der Waals surface area contributed by atoms with Crippen molar-refractivity contribution in [3.8, 4) is 0 Å². The van der Waals surface area contributed by atoms with Crippen LogP contribution in [0.25, 0.3) is 0 Å². The third-order valence-corrected chi connectivity index (χ3v) is 8.89. The van der Waals surface area contributed by atoms with E-state index in [1.807, 2.05) is 0 Å². The first-order chi connectivity index (χ1) is 7.44. The molecule has 2 aliphatic rings. The van der Waals surface area contributed by atoms with E-state index in [0.29, 0.717) is 5.41 Å².